The Balaban J connectivity index is 2.34. The summed E-state index contributed by atoms with van der Waals surface area (Å²) in [5.41, 5.74) is 0.332. The zero-order valence-electron chi connectivity index (χ0n) is 12.6. The van der Waals surface area contributed by atoms with Crippen molar-refractivity contribution in [1.82, 2.24) is 0 Å². The van der Waals surface area contributed by atoms with Crippen molar-refractivity contribution in [3.8, 4) is 6.07 Å². The van der Waals surface area contributed by atoms with Crippen LogP contribution < -0.4 is 5.32 Å². The molecule has 0 saturated carbocycles. The molecule has 1 aliphatic carbocycles. The summed E-state index contributed by atoms with van der Waals surface area (Å²) in [6.45, 7) is 1.91. The van der Waals surface area contributed by atoms with Crippen LogP contribution in [0.1, 0.15) is 29.3 Å². The Morgan fingerprint density at radius 1 is 1.24 bits per heavy atom. The van der Waals surface area contributed by atoms with Gasteiger partial charge in [0.05, 0.1) is 5.56 Å². The van der Waals surface area contributed by atoms with Gasteiger partial charge < -0.3 is 5.32 Å². The SMILES string of the molecule is CC1CCc2c(sc(NC(=O)C(F)(F)C(F)(F)C(F)(F)F)c2C#N)C1. The number of nitrogens with zero attached hydrogens (tertiary/aromatic N) is 1. The van der Waals surface area contributed by atoms with Gasteiger partial charge in [0.25, 0.3) is 0 Å². The van der Waals surface area contributed by atoms with Crippen molar-refractivity contribution >= 4 is 22.2 Å². The quantitative estimate of drug-likeness (QED) is 0.775. The number of fused-ring (bicyclic) bond motifs is 1. The first kappa shape index (κ1) is 19.5. The Labute approximate surface area is 141 Å². The van der Waals surface area contributed by atoms with Gasteiger partial charge in [-0.3, -0.25) is 4.79 Å². The smallest absolute Gasteiger partial charge is 0.311 e. The fraction of sp³-hybridized carbons (Fsp3) is 0.571. The highest BCUT2D eigenvalue weighted by atomic mass is 32.1. The van der Waals surface area contributed by atoms with E-state index in [-0.39, 0.29) is 11.5 Å². The molecular weight excluding hydrogens is 377 g/mol. The molecule has 0 aromatic carbocycles. The number of alkyl halides is 7. The third-order valence-corrected chi connectivity index (χ3v) is 5.06. The number of halogens is 7. The standard InChI is InChI=1S/C14H11F7N2OS/c1-6-2-3-7-8(5-22)10(25-9(7)4-6)23-11(24)12(15,16)13(17,18)14(19,20)21/h6H,2-4H2,1H3,(H,23,24). The maximum Gasteiger partial charge on any atom is 0.460 e. The van der Waals surface area contributed by atoms with Gasteiger partial charge >= 0.3 is 23.9 Å². The van der Waals surface area contributed by atoms with Gasteiger partial charge in [-0.05, 0) is 30.7 Å². The van der Waals surface area contributed by atoms with E-state index in [1.54, 1.807) is 6.07 Å². The van der Waals surface area contributed by atoms with Gasteiger partial charge in [-0.1, -0.05) is 6.92 Å². The number of hydrogen-bond donors (Lipinski definition) is 1. The zero-order chi connectivity index (χ0) is 19.2. The maximum absolute atomic E-state index is 13.4. The van der Waals surface area contributed by atoms with E-state index in [9.17, 15) is 35.5 Å². The van der Waals surface area contributed by atoms with Crippen LogP contribution in [0.25, 0.3) is 0 Å². The van der Waals surface area contributed by atoms with Gasteiger partial charge in [-0.2, -0.15) is 36.0 Å². The minimum atomic E-state index is -6.60. The molecule has 1 unspecified atom stereocenters. The summed E-state index contributed by atoms with van der Waals surface area (Å²) >= 11 is 0.739. The number of carbonyl (C=O) groups excluding carboxylic acids is 1. The van der Waals surface area contributed by atoms with Crippen LogP contribution in [-0.2, 0) is 17.6 Å². The lowest BCUT2D eigenvalue weighted by Gasteiger charge is -2.26. The number of rotatable bonds is 3. The summed E-state index contributed by atoms with van der Waals surface area (Å²) in [6.07, 6.45) is -4.97. The molecule has 1 aliphatic rings. The van der Waals surface area contributed by atoms with Gasteiger partial charge in [0.2, 0.25) is 0 Å². The molecular formula is C14H11F7N2OS. The van der Waals surface area contributed by atoms with Crippen molar-refractivity contribution in [1.29, 1.82) is 5.26 Å². The van der Waals surface area contributed by atoms with Crippen LogP contribution in [0.5, 0.6) is 0 Å². The molecule has 138 valence electrons. The molecule has 0 saturated heterocycles. The van der Waals surface area contributed by atoms with E-state index in [1.807, 2.05) is 6.92 Å². The summed E-state index contributed by atoms with van der Waals surface area (Å²) in [6, 6.07) is 1.69. The molecule has 1 heterocycles. The summed E-state index contributed by atoms with van der Waals surface area (Å²) in [5.74, 6) is -15.1. The molecule has 0 spiro atoms. The van der Waals surface area contributed by atoms with Crippen LogP contribution in [0.4, 0.5) is 35.7 Å². The number of hydrogen-bond acceptors (Lipinski definition) is 3. The van der Waals surface area contributed by atoms with Gasteiger partial charge in [-0.25, -0.2) is 0 Å². The highest BCUT2D eigenvalue weighted by Gasteiger charge is 2.76. The second-order valence-electron chi connectivity index (χ2n) is 5.77. The van der Waals surface area contributed by atoms with Gasteiger partial charge in [0.1, 0.15) is 11.1 Å². The summed E-state index contributed by atoms with van der Waals surface area (Å²) in [7, 11) is 0. The summed E-state index contributed by atoms with van der Waals surface area (Å²) in [5, 5.41) is 10.1. The van der Waals surface area contributed by atoms with Crippen LogP contribution >= 0.6 is 11.3 Å². The Hall–Kier alpha value is -1.83. The average molecular weight is 388 g/mol. The average Bonchev–Trinajstić information content (AvgIpc) is 2.81. The number of nitriles is 1. The zero-order valence-corrected chi connectivity index (χ0v) is 13.4. The Kier molecular flexibility index (Phi) is 4.80. The minimum absolute atomic E-state index is 0.175. The van der Waals surface area contributed by atoms with Gasteiger partial charge in [0, 0.05) is 4.88 Å². The molecule has 0 radical (unpaired) electrons. The molecule has 0 bridgehead atoms. The van der Waals surface area contributed by atoms with Crippen molar-refractivity contribution in [3.63, 3.8) is 0 Å². The van der Waals surface area contributed by atoms with Crippen molar-refractivity contribution in [2.24, 2.45) is 5.92 Å². The third kappa shape index (κ3) is 3.19. The van der Waals surface area contributed by atoms with E-state index >= 15 is 0 Å². The van der Waals surface area contributed by atoms with Gasteiger partial charge in [-0.15, -0.1) is 11.3 Å². The molecule has 0 fully saturated rings. The lowest BCUT2D eigenvalue weighted by Crippen LogP contribution is -2.57. The first-order chi connectivity index (χ1) is 11.3. The number of thiophene rings is 1. The number of nitrogens with one attached hydrogen (secondary N) is 1. The van der Waals surface area contributed by atoms with Crippen LogP contribution in [0.15, 0.2) is 0 Å². The van der Waals surface area contributed by atoms with Crippen LogP contribution in [0.3, 0.4) is 0 Å². The Bertz CT molecular complexity index is 733. The van der Waals surface area contributed by atoms with Gasteiger partial charge in [0.15, 0.2) is 0 Å². The molecule has 0 aliphatic heterocycles. The van der Waals surface area contributed by atoms with Crippen molar-refractivity contribution in [3.05, 3.63) is 16.0 Å². The van der Waals surface area contributed by atoms with Crippen LogP contribution in [0, 0.1) is 17.2 Å². The second kappa shape index (κ2) is 6.16. The minimum Gasteiger partial charge on any atom is -0.311 e. The van der Waals surface area contributed by atoms with E-state index < -0.39 is 28.9 Å². The molecule has 1 aromatic heterocycles. The number of anilines is 1. The monoisotopic (exact) mass is 388 g/mol. The highest BCUT2D eigenvalue weighted by molar-refractivity contribution is 7.16. The predicted molar refractivity (Wildman–Crippen MR) is 74.8 cm³/mol. The largest absolute Gasteiger partial charge is 0.460 e. The topological polar surface area (TPSA) is 52.9 Å². The molecule has 1 aromatic rings. The first-order valence-corrected chi connectivity index (χ1v) is 7.83. The summed E-state index contributed by atoms with van der Waals surface area (Å²) < 4.78 is 89.1. The second-order valence-corrected chi connectivity index (χ2v) is 6.87. The lowest BCUT2D eigenvalue weighted by atomic mass is 9.88. The third-order valence-electron chi connectivity index (χ3n) is 3.89. The molecule has 2 rings (SSSR count). The lowest BCUT2D eigenvalue weighted by molar-refractivity contribution is -0.343. The van der Waals surface area contributed by atoms with Crippen LogP contribution in [0.2, 0.25) is 0 Å². The Morgan fingerprint density at radius 3 is 2.36 bits per heavy atom. The summed E-state index contributed by atoms with van der Waals surface area (Å²) in [4.78, 5) is 12.1. The van der Waals surface area contributed by atoms with E-state index in [0.717, 1.165) is 11.3 Å². The van der Waals surface area contributed by atoms with Crippen LogP contribution in [-0.4, -0.2) is 23.9 Å². The Morgan fingerprint density at radius 2 is 1.84 bits per heavy atom. The van der Waals surface area contributed by atoms with Crippen molar-refractivity contribution < 1.29 is 35.5 Å². The van der Waals surface area contributed by atoms with E-state index in [0.29, 0.717) is 29.7 Å². The first-order valence-electron chi connectivity index (χ1n) is 7.01. The van der Waals surface area contributed by atoms with Crippen molar-refractivity contribution in [2.45, 2.75) is 44.2 Å². The molecule has 1 amide bonds. The fourth-order valence-corrected chi connectivity index (χ4v) is 3.82. The fourth-order valence-electron chi connectivity index (χ4n) is 2.46. The van der Waals surface area contributed by atoms with Crippen molar-refractivity contribution in [2.75, 3.05) is 5.32 Å². The maximum atomic E-state index is 13.4. The molecule has 11 heteroatoms. The number of carbonyl (C=O) groups is 1. The van der Waals surface area contributed by atoms with E-state index in [1.165, 1.54) is 5.32 Å². The predicted octanol–water partition coefficient (Wildman–Crippen LogP) is 4.52. The normalized spacial score (nSPS) is 18.4. The number of amides is 1. The highest BCUT2D eigenvalue weighted by Crippen LogP contribution is 2.47. The molecule has 3 nitrogen and oxygen atoms in total. The van der Waals surface area contributed by atoms with E-state index in [2.05, 4.69) is 0 Å². The van der Waals surface area contributed by atoms with E-state index in [4.69, 9.17) is 5.26 Å². The molecule has 1 N–H and O–H groups in total. The molecule has 25 heavy (non-hydrogen) atoms. The molecule has 1 atom stereocenters.